The molecule has 4 atom stereocenters. The van der Waals surface area contributed by atoms with Crippen LogP contribution in [0.1, 0.15) is 42.5 Å². The summed E-state index contributed by atoms with van der Waals surface area (Å²) >= 11 is 6.14. The standard InChI is InChI=1S/C26H24ClN5O3/c1-35-18-12-8-15(9-13-18)21-14-22(16-6-10-17(27)11-7-16)32-25(28-21)29-26(30-32)31-23(33)19-4-2-3-5-20(19)24(31)34/h2-3,6-13,19-22H,4-5,14H2,1H3,(H,28,29,30)/t19-,20+,21-,22+/m0/s1. The number of imide groups is 1. The molecule has 178 valence electrons. The molecule has 1 aliphatic carbocycles. The molecule has 3 aromatic rings. The molecule has 1 aromatic heterocycles. The lowest BCUT2D eigenvalue weighted by molar-refractivity contribution is -0.122. The van der Waals surface area contributed by atoms with Crippen LogP contribution in [0.15, 0.2) is 60.7 Å². The number of amides is 2. The summed E-state index contributed by atoms with van der Waals surface area (Å²) in [5.74, 6) is 0.322. The Bertz CT molecular complexity index is 1290. The van der Waals surface area contributed by atoms with Crippen molar-refractivity contribution >= 4 is 35.3 Å². The van der Waals surface area contributed by atoms with E-state index in [0.29, 0.717) is 30.2 Å². The third-order valence-electron chi connectivity index (χ3n) is 7.16. The van der Waals surface area contributed by atoms with Crippen molar-refractivity contribution in [1.29, 1.82) is 0 Å². The monoisotopic (exact) mass is 489 g/mol. The quantitative estimate of drug-likeness (QED) is 0.427. The van der Waals surface area contributed by atoms with Gasteiger partial charge in [0, 0.05) is 5.02 Å². The van der Waals surface area contributed by atoms with Crippen LogP contribution in [0.4, 0.5) is 11.9 Å². The maximum atomic E-state index is 13.1. The van der Waals surface area contributed by atoms with E-state index in [2.05, 4.69) is 15.4 Å². The fourth-order valence-corrected chi connectivity index (χ4v) is 5.40. The molecule has 1 saturated heterocycles. The zero-order chi connectivity index (χ0) is 24.1. The van der Waals surface area contributed by atoms with Crippen LogP contribution in [0.2, 0.25) is 5.02 Å². The molecule has 6 rings (SSSR count). The number of carbonyl (C=O) groups excluding carboxylic acids is 2. The maximum absolute atomic E-state index is 13.1. The van der Waals surface area contributed by atoms with Gasteiger partial charge in [0.15, 0.2) is 0 Å². The van der Waals surface area contributed by atoms with E-state index in [0.717, 1.165) is 16.9 Å². The van der Waals surface area contributed by atoms with Gasteiger partial charge in [-0.15, -0.1) is 5.10 Å². The molecule has 0 bridgehead atoms. The van der Waals surface area contributed by atoms with E-state index >= 15 is 0 Å². The molecule has 0 saturated carbocycles. The number of ether oxygens (including phenoxy) is 1. The maximum Gasteiger partial charge on any atom is 0.260 e. The molecule has 1 fully saturated rings. The molecule has 0 unspecified atom stereocenters. The normalized spacial score (nSPS) is 25.3. The van der Waals surface area contributed by atoms with Gasteiger partial charge < -0.3 is 10.1 Å². The molecule has 2 aromatic carbocycles. The Morgan fingerprint density at radius 1 is 0.943 bits per heavy atom. The van der Waals surface area contributed by atoms with E-state index in [9.17, 15) is 9.59 Å². The van der Waals surface area contributed by atoms with Crippen molar-refractivity contribution in [1.82, 2.24) is 14.8 Å². The van der Waals surface area contributed by atoms with Crippen molar-refractivity contribution in [3.63, 3.8) is 0 Å². The number of nitrogens with zero attached hydrogens (tertiary/aromatic N) is 4. The molecule has 3 aliphatic rings. The summed E-state index contributed by atoms with van der Waals surface area (Å²) in [4.78, 5) is 32.1. The van der Waals surface area contributed by atoms with Crippen molar-refractivity contribution in [2.24, 2.45) is 11.8 Å². The molecule has 8 nitrogen and oxygen atoms in total. The van der Waals surface area contributed by atoms with Gasteiger partial charge in [-0.3, -0.25) is 9.59 Å². The number of methoxy groups -OCH3 is 1. The first-order chi connectivity index (χ1) is 17.0. The van der Waals surface area contributed by atoms with Gasteiger partial charge in [-0.25, -0.2) is 9.58 Å². The summed E-state index contributed by atoms with van der Waals surface area (Å²) in [6, 6.07) is 15.3. The SMILES string of the molecule is COc1ccc([C@@H]2C[C@H](c3ccc(Cl)cc3)n3nc(N4C(=O)[C@H]5CC=CC[C@H]5C4=O)nc3N2)cc1. The average molecular weight is 490 g/mol. The molecule has 2 amide bonds. The summed E-state index contributed by atoms with van der Waals surface area (Å²) in [6.07, 6.45) is 5.79. The van der Waals surface area contributed by atoms with Gasteiger partial charge in [-0.1, -0.05) is 48.0 Å². The number of aromatic nitrogens is 3. The highest BCUT2D eigenvalue weighted by molar-refractivity contribution is 6.30. The van der Waals surface area contributed by atoms with E-state index in [1.54, 1.807) is 11.8 Å². The van der Waals surface area contributed by atoms with Crippen LogP contribution in [0.3, 0.4) is 0 Å². The predicted molar refractivity (Wildman–Crippen MR) is 131 cm³/mol. The molecule has 9 heteroatoms. The van der Waals surface area contributed by atoms with Crippen molar-refractivity contribution in [2.75, 3.05) is 17.3 Å². The summed E-state index contributed by atoms with van der Waals surface area (Å²) in [5.41, 5.74) is 2.09. The van der Waals surface area contributed by atoms with Crippen LogP contribution in [-0.4, -0.2) is 33.7 Å². The Morgan fingerprint density at radius 2 is 1.57 bits per heavy atom. The first-order valence-corrected chi connectivity index (χ1v) is 12.1. The average Bonchev–Trinajstić information content (AvgIpc) is 3.42. The number of anilines is 2. The number of allylic oxidation sites excluding steroid dienone is 2. The van der Waals surface area contributed by atoms with Crippen LogP contribution in [0, 0.1) is 11.8 Å². The lowest BCUT2D eigenvalue weighted by atomic mass is 9.85. The third kappa shape index (κ3) is 3.69. The van der Waals surface area contributed by atoms with Crippen molar-refractivity contribution in [3.05, 3.63) is 76.8 Å². The van der Waals surface area contributed by atoms with Crippen LogP contribution in [0.5, 0.6) is 5.75 Å². The Hall–Kier alpha value is -3.65. The topological polar surface area (TPSA) is 89.4 Å². The van der Waals surface area contributed by atoms with Crippen molar-refractivity contribution in [2.45, 2.75) is 31.3 Å². The molecule has 35 heavy (non-hydrogen) atoms. The number of benzene rings is 2. The smallest absolute Gasteiger partial charge is 0.260 e. The zero-order valence-electron chi connectivity index (χ0n) is 19.1. The minimum Gasteiger partial charge on any atom is -0.497 e. The Morgan fingerprint density at radius 3 is 2.20 bits per heavy atom. The van der Waals surface area contributed by atoms with Gasteiger partial charge in [0.05, 0.1) is 31.0 Å². The van der Waals surface area contributed by atoms with Gasteiger partial charge in [-0.05, 0) is 54.7 Å². The number of fused-ring (bicyclic) bond motifs is 2. The minimum atomic E-state index is -0.333. The Kier molecular flexibility index (Phi) is 5.33. The second-order valence-corrected chi connectivity index (χ2v) is 9.56. The summed E-state index contributed by atoms with van der Waals surface area (Å²) in [6.45, 7) is 0. The lowest BCUT2D eigenvalue weighted by Crippen LogP contribution is -2.32. The number of carbonyl (C=O) groups is 2. The summed E-state index contributed by atoms with van der Waals surface area (Å²) in [5, 5.41) is 8.79. The highest BCUT2D eigenvalue weighted by Gasteiger charge is 2.50. The minimum absolute atomic E-state index is 0.0529. The van der Waals surface area contributed by atoms with E-state index in [-0.39, 0.29) is 41.7 Å². The highest BCUT2D eigenvalue weighted by Crippen LogP contribution is 2.41. The van der Waals surface area contributed by atoms with Crippen molar-refractivity contribution < 1.29 is 14.3 Å². The first-order valence-electron chi connectivity index (χ1n) is 11.7. The number of hydrogen-bond acceptors (Lipinski definition) is 6. The van der Waals surface area contributed by atoms with Crippen LogP contribution >= 0.6 is 11.6 Å². The third-order valence-corrected chi connectivity index (χ3v) is 7.41. The van der Waals surface area contributed by atoms with E-state index < -0.39 is 0 Å². The number of nitrogens with one attached hydrogen (secondary N) is 1. The number of hydrogen-bond donors (Lipinski definition) is 1. The van der Waals surface area contributed by atoms with Gasteiger partial charge in [-0.2, -0.15) is 4.98 Å². The summed E-state index contributed by atoms with van der Waals surface area (Å²) in [7, 11) is 1.64. The van der Waals surface area contributed by atoms with Gasteiger partial charge in [0.25, 0.3) is 5.95 Å². The zero-order valence-corrected chi connectivity index (χ0v) is 19.9. The lowest BCUT2D eigenvalue weighted by Gasteiger charge is -2.31. The van der Waals surface area contributed by atoms with E-state index in [1.807, 2.05) is 60.7 Å². The van der Waals surface area contributed by atoms with Gasteiger partial charge in [0.1, 0.15) is 5.75 Å². The van der Waals surface area contributed by atoms with Crippen molar-refractivity contribution in [3.8, 4) is 5.75 Å². The molecule has 1 N–H and O–H groups in total. The predicted octanol–water partition coefficient (Wildman–Crippen LogP) is 4.54. The fraction of sp³-hybridized carbons (Fsp3) is 0.308. The molecular weight excluding hydrogens is 466 g/mol. The first kappa shape index (κ1) is 21.9. The second-order valence-electron chi connectivity index (χ2n) is 9.12. The molecule has 0 radical (unpaired) electrons. The van der Waals surface area contributed by atoms with E-state index in [1.165, 1.54) is 4.90 Å². The van der Waals surface area contributed by atoms with E-state index in [4.69, 9.17) is 16.3 Å². The van der Waals surface area contributed by atoms with Gasteiger partial charge >= 0.3 is 0 Å². The molecule has 2 aliphatic heterocycles. The highest BCUT2D eigenvalue weighted by atomic mass is 35.5. The number of rotatable bonds is 4. The fourth-order valence-electron chi connectivity index (χ4n) is 5.28. The molecule has 0 spiro atoms. The van der Waals surface area contributed by atoms with Crippen LogP contribution in [0.25, 0.3) is 0 Å². The molecular formula is C26H24ClN5O3. The van der Waals surface area contributed by atoms with Crippen LogP contribution in [-0.2, 0) is 9.59 Å². The molecule has 3 heterocycles. The second kappa shape index (κ2) is 8.53. The Labute approximate surface area is 207 Å². The Balaban J connectivity index is 1.39. The van der Waals surface area contributed by atoms with Gasteiger partial charge in [0.2, 0.25) is 17.8 Å². The summed E-state index contributed by atoms with van der Waals surface area (Å²) < 4.78 is 7.08. The largest absolute Gasteiger partial charge is 0.497 e. The number of halogens is 1. The van der Waals surface area contributed by atoms with Crippen LogP contribution < -0.4 is 15.0 Å².